The van der Waals surface area contributed by atoms with Gasteiger partial charge in [-0.1, -0.05) is 0 Å². The quantitative estimate of drug-likeness (QED) is 0.920. The summed E-state index contributed by atoms with van der Waals surface area (Å²) in [6.45, 7) is 4.90. The van der Waals surface area contributed by atoms with E-state index < -0.39 is 0 Å². The highest BCUT2D eigenvalue weighted by Gasteiger charge is 2.18. The van der Waals surface area contributed by atoms with Crippen LogP contribution in [0.4, 0.5) is 11.6 Å². The van der Waals surface area contributed by atoms with E-state index in [1.165, 1.54) is 10.4 Å². The van der Waals surface area contributed by atoms with Gasteiger partial charge in [-0.2, -0.15) is 0 Å². The van der Waals surface area contributed by atoms with Crippen molar-refractivity contribution in [3.05, 3.63) is 34.3 Å². The van der Waals surface area contributed by atoms with Gasteiger partial charge in [-0.3, -0.25) is 4.98 Å². The number of anilines is 2. The third-order valence-electron chi connectivity index (χ3n) is 3.11. The molecule has 3 rings (SSSR count). The Kier molecular flexibility index (Phi) is 3.15. The zero-order valence-corrected chi connectivity index (χ0v) is 11.2. The number of aromatic nitrogens is 2. The molecule has 2 aromatic heterocycles. The molecule has 0 atom stereocenters. The molecule has 0 saturated heterocycles. The van der Waals surface area contributed by atoms with E-state index in [1.807, 2.05) is 17.5 Å². The highest BCUT2D eigenvalue weighted by molar-refractivity contribution is 7.10. The third kappa shape index (κ3) is 2.18. The third-order valence-corrected chi connectivity index (χ3v) is 4.13. The van der Waals surface area contributed by atoms with Crippen molar-refractivity contribution in [1.29, 1.82) is 0 Å². The summed E-state index contributed by atoms with van der Waals surface area (Å²) >= 11 is 1.86. The number of nitrogens with one attached hydrogen (secondary N) is 1. The van der Waals surface area contributed by atoms with Crippen molar-refractivity contribution in [2.75, 3.05) is 23.3 Å². The molecule has 0 fully saturated rings. The van der Waals surface area contributed by atoms with E-state index in [2.05, 4.69) is 38.6 Å². The highest BCUT2D eigenvalue weighted by Crippen LogP contribution is 2.26. The van der Waals surface area contributed by atoms with Crippen LogP contribution in [0.1, 0.15) is 17.4 Å². The second-order valence-corrected chi connectivity index (χ2v) is 5.33. The SMILES string of the molecule is CCNc1cncc(N2CCc3sccc3C2)n1. The molecule has 4 nitrogen and oxygen atoms in total. The van der Waals surface area contributed by atoms with Gasteiger partial charge >= 0.3 is 0 Å². The van der Waals surface area contributed by atoms with Crippen molar-refractivity contribution in [3.63, 3.8) is 0 Å². The van der Waals surface area contributed by atoms with Crippen LogP contribution in [-0.2, 0) is 13.0 Å². The highest BCUT2D eigenvalue weighted by atomic mass is 32.1. The Bertz CT molecular complexity index is 537. The molecule has 0 spiro atoms. The molecule has 0 amide bonds. The normalized spacial score (nSPS) is 14.4. The molecule has 3 heterocycles. The first-order valence-corrected chi connectivity index (χ1v) is 7.11. The zero-order chi connectivity index (χ0) is 12.4. The fourth-order valence-electron chi connectivity index (χ4n) is 2.22. The molecule has 1 aliphatic heterocycles. The lowest BCUT2D eigenvalue weighted by Gasteiger charge is -2.27. The number of rotatable bonds is 3. The number of hydrogen-bond acceptors (Lipinski definition) is 5. The number of nitrogens with zero attached hydrogens (tertiary/aromatic N) is 3. The molecule has 94 valence electrons. The summed E-state index contributed by atoms with van der Waals surface area (Å²) in [6.07, 6.45) is 4.73. The summed E-state index contributed by atoms with van der Waals surface area (Å²) < 4.78 is 0. The van der Waals surface area contributed by atoms with Crippen LogP contribution in [0.25, 0.3) is 0 Å². The first-order chi connectivity index (χ1) is 8.86. The van der Waals surface area contributed by atoms with Gasteiger partial charge in [0.25, 0.3) is 0 Å². The van der Waals surface area contributed by atoms with Crippen LogP contribution >= 0.6 is 11.3 Å². The summed E-state index contributed by atoms with van der Waals surface area (Å²) in [6, 6.07) is 2.22. The van der Waals surface area contributed by atoms with Crippen molar-refractivity contribution in [1.82, 2.24) is 9.97 Å². The van der Waals surface area contributed by atoms with Gasteiger partial charge in [-0.25, -0.2) is 4.98 Å². The van der Waals surface area contributed by atoms with Crippen molar-refractivity contribution in [3.8, 4) is 0 Å². The van der Waals surface area contributed by atoms with Gasteiger partial charge in [0.1, 0.15) is 11.6 Å². The standard InChI is InChI=1S/C13H16N4S/c1-2-15-12-7-14-8-13(16-12)17-5-3-11-10(9-17)4-6-18-11/h4,6-8H,2-3,5,9H2,1H3,(H,15,16). The van der Waals surface area contributed by atoms with E-state index in [1.54, 1.807) is 6.20 Å². The van der Waals surface area contributed by atoms with E-state index in [-0.39, 0.29) is 0 Å². The number of fused-ring (bicyclic) bond motifs is 1. The molecular formula is C13H16N4S. The van der Waals surface area contributed by atoms with Crippen LogP contribution in [0.15, 0.2) is 23.8 Å². The maximum Gasteiger partial charge on any atom is 0.149 e. The average molecular weight is 260 g/mol. The molecule has 0 bridgehead atoms. The summed E-state index contributed by atoms with van der Waals surface area (Å²) in [4.78, 5) is 12.7. The van der Waals surface area contributed by atoms with Gasteiger partial charge in [0.15, 0.2) is 0 Å². The monoisotopic (exact) mass is 260 g/mol. The Labute approximate surface area is 111 Å². The van der Waals surface area contributed by atoms with Crippen LogP contribution in [0.3, 0.4) is 0 Å². The summed E-state index contributed by atoms with van der Waals surface area (Å²) in [5.41, 5.74) is 1.43. The lowest BCUT2D eigenvalue weighted by Crippen LogP contribution is -2.30. The number of hydrogen-bond donors (Lipinski definition) is 1. The Morgan fingerprint density at radius 3 is 3.28 bits per heavy atom. The molecule has 1 N–H and O–H groups in total. The smallest absolute Gasteiger partial charge is 0.149 e. The first-order valence-electron chi connectivity index (χ1n) is 6.23. The van der Waals surface area contributed by atoms with Gasteiger partial charge in [0.2, 0.25) is 0 Å². The molecule has 0 saturated carbocycles. The van der Waals surface area contributed by atoms with Crippen molar-refractivity contribution < 1.29 is 0 Å². The minimum Gasteiger partial charge on any atom is -0.369 e. The molecule has 18 heavy (non-hydrogen) atoms. The van der Waals surface area contributed by atoms with Crippen molar-refractivity contribution in [2.45, 2.75) is 19.9 Å². The molecule has 5 heteroatoms. The predicted molar refractivity (Wildman–Crippen MR) is 75.3 cm³/mol. The minimum absolute atomic E-state index is 0.853. The molecule has 2 aromatic rings. The Morgan fingerprint density at radius 1 is 1.44 bits per heavy atom. The second kappa shape index (κ2) is 4.94. The molecule has 0 unspecified atom stereocenters. The molecule has 0 aliphatic carbocycles. The second-order valence-electron chi connectivity index (χ2n) is 4.33. The number of thiophene rings is 1. The van der Waals surface area contributed by atoms with Crippen molar-refractivity contribution in [2.24, 2.45) is 0 Å². The summed E-state index contributed by atoms with van der Waals surface area (Å²) in [5, 5.41) is 5.38. The largest absolute Gasteiger partial charge is 0.369 e. The zero-order valence-electron chi connectivity index (χ0n) is 10.4. The fourth-order valence-corrected chi connectivity index (χ4v) is 3.11. The van der Waals surface area contributed by atoms with Crippen LogP contribution in [0, 0.1) is 0 Å². The maximum atomic E-state index is 4.60. The predicted octanol–water partition coefficient (Wildman–Crippen LogP) is 2.53. The van der Waals surface area contributed by atoms with E-state index in [0.717, 1.165) is 37.7 Å². The molecule has 1 aliphatic rings. The molecular weight excluding hydrogens is 244 g/mol. The Balaban J connectivity index is 1.81. The summed E-state index contributed by atoms with van der Waals surface area (Å²) in [7, 11) is 0. The lowest BCUT2D eigenvalue weighted by molar-refractivity contribution is 0.730. The van der Waals surface area contributed by atoms with Crippen LogP contribution in [0.5, 0.6) is 0 Å². The molecule has 0 aromatic carbocycles. The lowest BCUT2D eigenvalue weighted by atomic mass is 10.1. The van der Waals surface area contributed by atoms with E-state index in [0.29, 0.717) is 0 Å². The van der Waals surface area contributed by atoms with Gasteiger partial charge in [0, 0.05) is 24.5 Å². The van der Waals surface area contributed by atoms with Gasteiger partial charge in [-0.05, 0) is 30.4 Å². The Morgan fingerprint density at radius 2 is 2.39 bits per heavy atom. The topological polar surface area (TPSA) is 41.1 Å². The van der Waals surface area contributed by atoms with Gasteiger partial charge in [-0.15, -0.1) is 11.3 Å². The van der Waals surface area contributed by atoms with Gasteiger partial charge < -0.3 is 10.2 Å². The van der Waals surface area contributed by atoms with Crippen LogP contribution in [0.2, 0.25) is 0 Å². The maximum absolute atomic E-state index is 4.60. The molecule has 0 radical (unpaired) electrons. The average Bonchev–Trinajstić information content (AvgIpc) is 2.86. The van der Waals surface area contributed by atoms with E-state index >= 15 is 0 Å². The Hall–Kier alpha value is -1.62. The first kappa shape index (κ1) is 11.5. The van der Waals surface area contributed by atoms with Crippen molar-refractivity contribution >= 4 is 23.0 Å². The summed E-state index contributed by atoms with van der Waals surface area (Å²) in [5.74, 6) is 1.82. The minimum atomic E-state index is 0.853. The van der Waals surface area contributed by atoms with Gasteiger partial charge in [0.05, 0.1) is 12.4 Å². The fraction of sp³-hybridized carbons (Fsp3) is 0.385. The van der Waals surface area contributed by atoms with E-state index in [4.69, 9.17) is 0 Å². The van der Waals surface area contributed by atoms with Crippen LogP contribution < -0.4 is 10.2 Å². The van der Waals surface area contributed by atoms with E-state index in [9.17, 15) is 0 Å². The van der Waals surface area contributed by atoms with Crippen LogP contribution in [-0.4, -0.2) is 23.1 Å².